The molecular weight excluding hydrogens is 537 g/mol. The van der Waals surface area contributed by atoms with Gasteiger partial charge in [-0.05, 0) is 49.7 Å². The zero-order valence-electron chi connectivity index (χ0n) is 23.0. The van der Waals surface area contributed by atoms with Crippen LogP contribution in [0.2, 0.25) is 0 Å². The summed E-state index contributed by atoms with van der Waals surface area (Å²) in [4.78, 5) is 48.4. The minimum atomic E-state index is -4.64. The van der Waals surface area contributed by atoms with Crippen molar-refractivity contribution in [2.24, 2.45) is 7.05 Å². The van der Waals surface area contributed by atoms with Crippen LogP contribution in [0, 0.1) is 11.3 Å². The van der Waals surface area contributed by atoms with Gasteiger partial charge in [0.25, 0.3) is 5.91 Å². The number of carbonyl (C=O) groups excluding carboxylic acids is 3. The summed E-state index contributed by atoms with van der Waals surface area (Å²) in [7, 11) is 4.76. The number of amides is 3. The van der Waals surface area contributed by atoms with Crippen LogP contribution in [0.25, 0.3) is 0 Å². The van der Waals surface area contributed by atoms with Crippen LogP contribution in [-0.2, 0) is 24.6 Å². The topological polar surface area (TPSA) is 103 Å². The lowest BCUT2D eigenvalue weighted by Gasteiger charge is -2.42. The number of carbonyl (C=O) groups is 3. The van der Waals surface area contributed by atoms with E-state index in [0.717, 1.165) is 17.0 Å². The molecule has 1 unspecified atom stereocenters. The maximum atomic E-state index is 13.7. The predicted octanol–water partition coefficient (Wildman–Crippen LogP) is 5.06. The van der Waals surface area contributed by atoms with Gasteiger partial charge >= 0.3 is 12.2 Å². The van der Waals surface area contributed by atoms with Crippen molar-refractivity contribution in [3.05, 3.63) is 94.2 Å². The number of hydrogen-bond acceptors (Lipinski definition) is 5. The molecule has 1 aliphatic rings. The van der Waals surface area contributed by atoms with Crippen molar-refractivity contribution in [1.82, 2.24) is 19.4 Å². The van der Waals surface area contributed by atoms with Gasteiger partial charge in [0.15, 0.2) is 5.78 Å². The molecule has 2 heterocycles. The average Bonchev–Trinajstić information content (AvgIpc) is 3.33. The zero-order chi connectivity index (χ0) is 30.2. The minimum absolute atomic E-state index is 0.0581. The van der Waals surface area contributed by atoms with Crippen LogP contribution >= 0.6 is 0 Å². The van der Waals surface area contributed by atoms with Crippen LogP contribution in [0.3, 0.4) is 0 Å². The number of imidazole rings is 1. The number of likely N-dealkylation sites (N-methyl/N-ethyl adjacent to an activating group) is 1. The molecule has 0 fully saturated rings. The lowest BCUT2D eigenvalue weighted by molar-refractivity contribution is -0.137. The van der Waals surface area contributed by atoms with Crippen molar-refractivity contribution >= 4 is 23.4 Å². The number of benzene rings is 2. The van der Waals surface area contributed by atoms with Gasteiger partial charge in [0.1, 0.15) is 5.82 Å². The fourth-order valence-electron chi connectivity index (χ4n) is 4.95. The van der Waals surface area contributed by atoms with Crippen molar-refractivity contribution in [3.63, 3.8) is 0 Å². The number of aryl methyl sites for hydroxylation is 1. The Morgan fingerprint density at radius 3 is 2.44 bits per heavy atom. The van der Waals surface area contributed by atoms with E-state index >= 15 is 0 Å². The maximum absolute atomic E-state index is 13.7. The number of aromatic nitrogens is 2. The van der Waals surface area contributed by atoms with E-state index in [2.05, 4.69) is 4.98 Å². The highest BCUT2D eigenvalue weighted by Crippen LogP contribution is 2.41. The predicted molar refractivity (Wildman–Crippen MR) is 143 cm³/mol. The molecular formula is C29H27F3N6O3. The number of Topliss-reactive ketones (excluding diaryl/α,β-unsaturated/α-hetero) is 1. The van der Waals surface area contributed by atoms with E-state index < -0.39 is 35.5 Å². The Morgan fingerprint density at radius 2 is 1.85 bits per heavy atom. The lowest BCUT2D eigenvalue weighted by atomic mass is 9.87. The number of alkyl halides is 3. The van der Waals surface area contributed by atoms with Gasteiger partial charge in [-0.2, -0.15) is 18.4 Å². The second kappa shape index (κ2) is 10.9. The highest BCUT2D eigenvalue weighted by molar-refractivity contribution is 6.06. The Morgan fingerprint density at radius 1 is 1.15 bits per heavy atom. The monoisotopic (exact) mass is 564 g/mol. The number of allylic oxidation sites excluding steroid dienone is 1. The second-order valence-electron chi connectivity index (χ2n) is 9.76. The number of hydrogen-bond donors (Lipinski definition) is 0. The van der Waals surface area contributed by atoms with Gasteiger partial charge in [0.2, 0.25) is 0 Å². The standard InChI is InChI=1S/C29H27F3N6O3/c1-17-25(18(2)39)26(37(5)28(41)38(17)21-8-6-7-20(14-21)29(30,31)32)22-10-9-19(15-33)13-23(22)27(40)36(4)16-24-34-11-12-35(24)3/h6-14,26H,16H2,1-5H3. The molecule has 0 saturated heterocycles. The fraction of sp³-hybridized carbons (Fsp3) is 0.276. The highest BCUT2D eigenvalue weighted by Gasteiger charge is 2.41. The van der Waals surface area contributed by atoms with Gasteiger partial charge in [-0.1, -0.05) is 12.1 Å². The molecule has 3 aromatic rings. The van der Waals surface area contributed by atoms with Crippen LogP contribution in [0.15, 0.2) is 66.1 Å². The van der Waals surface area contributed by atoms with E-state index in [1.165, 1.54) is 61.0 Å². The Kier molecular flexibility index (Phi) is 7.74. The molecule has 0 bridgehead atoms. The first kappa shape index (κ1) is 29.1. The highest BCUT2D eigenvalue weighted by atomic mass is 19.4. The summed E-state index contributed by atoms with van der Waals surface area (Å²) in [5, 5.41) is 9.54. The van der Waals surface area contributed by atoms with E-state index in [9.17, 15) is 32.8 Å². The van der Waals surface area contributed by atoms with Crippen molar-refractivity contribution in [1.29, 1.82) is 5.26 Å². The quantitative estimate of drug-likeness (QED) is 0.417. The van der Waals surface area contributed by atoms with Crippen LogP contribution < -0.4 is 4.90 Å². The lowest BCUT2D eigenvalue weighted by Crippen LogP contribution is -2.49. The summed E-state index contributed by atoms with van der Waals surface area (Å²) in [6.07, 6.45) is -1.30. The molecule has 0 radical (unpaired) electrons. The van der Waals surface area contributed by atoms with Crippen molar-refractivity contribution < 1.29 is 27.6 Å². The normalized spacial score (nSPS) is 15.7. The smallest absolute Gasteiger partial charge is 0.337 e. The number of rotatable bonds is 6. The number of nitrogens with zero attached hydrogens (tertiary/aromatic N) is 6. The fourth-order valence-corrected chi connectivity index (χ4v) is 4.95. The first-order valence-corrected chi connectivity index (χ1v) is 12.5. The molecule has 0 spiro atoms. The van der Waals surface area contributed by atoms with Crippen LogP contribution in [0.4, 0.5) is 23.7 Å². The van der Waals surface area contributed by atoms with Crippen LogP contribution in [0.5, 0.6) is 0 Å². The summed E-state index contributed by atoms with van der Waals surface area (Å²) >= 11 is 0. The van der Waals surface area contributed by atoms with E-state index in [1.54, 1.807) is 31.1 Å². The summed E-state index contributed by atoms with van der Waals surface area (Å²) in [5.41, 5.74) is -0.154. The largest absolute Gasteiger partial charge is 0.416 e. The van der Waals surface area contributed by atoms with E-state index in [1.807, 2.05) is 6.07 Å². The summed E-state index contributed by atoms with van der Waals surface area (Å²) in [5.74, 6) is -0.296. The molecule has 1 aliphatic heterocycles. The first-order valence-electron chi connectivity index (χ1n) is 12.5. The molecule has 1 aromatic heterocycles. The Labute approximate surface area is 234 Å². The summed E-state index contributed by atoms with van der Waals surface area (Å²) in [6.45, 7) is 2.92. The Hall–Kier alpha value is -4.92. The average molecular weight is 565 g/mol. The number of anilines is 1. The SMILES string of the molecule is CC(=O)C1=C(C)N(c2cccc(C(F)(F)F)c2)C(=O)N(C)C1c1ccc(C#N)cc1C(=O)N(C)Cc1nccn1C. The maximum Gasteiger partial charge on any atom is 0.416 e. The molecule has 3 amide bonds. The van der Waals surface area contributed by atoms with Crippen LogP contribution in [-0.4, -0.2) is 51.2 Å². The molecule has 12 heteroatoms. The minimum Gasteiger partial charge on any atom is -0.337 e. The molecule has 9 nitrogen and oxygen atoms in total. The third kappa shape index (κ3) is 5.43. The van der Waals surface area contributed by atoms with E-state index in [0.29, 0.717) is 11.4 Å². The summed E-state index contributed by atoms with van der Waals surface area (Å²) in [6, 6.07) is 8.95. The first-order chi connectivity index (χ1) is 19.3. The van der Waals surface area contributed by atoms with E-state index in [4.69, 9.17) is 0 Å². The Balaban J connectivity index is 1.86. The third-order valence-corrected chi connectivity index (χ3v) is 7.04. The Bertz CT molecular complexity index is 1620. The molecule has 0 aliphatic carbocycles. The van der Waals surface area contributed by atoms with Crippen molar-refractivity contribution in [2.45, 2.75) is 32.6 Å². The van der Waals surface area contributed by atoms with Crippen molar-refractivity contribution in [3.8, 4) is 6.07 Å². The van der Waals surface area contributed by atoms with Gasteiger partial charge in [-0.15, -0.1) is 0 Å². The molecule has 212 valence electrons. The summed E-state index contributed by atoms with van der Waals surface area (Å²) < 4.78 is 42.1. The zero-order valence-corrected chi connectivity index (χ0v) is 23.0. The number of halogens is 3. The van der Waals surface area contributed by atoms with Crippen LogP contribution in [0.1, 0.15) is 52.8 Å². The molecule has 0 saturated carbocycles. The van der Waals surface area contributed by atoms with Gasteiger partial charge in [-0.3, -0.25) is 14.5 Å². The van der Waals surface area contributed by atoms with E-state index in [-0.39, 0.29) is 34.6 Å². The molecule has 2 aromatic carbocycles. The second-order valence-corrected chi connectivity index (χ2v) is 9.76. The number of ketones is 1. The van der Waals surface area contributed by atoms with Gasteiger partial charge in [-0.25, -0.2) is 9.78 Å². The van der Waals surface area contributed by atoms with Gasteiger partial charge in [0, 0.05) is 50.4 Å². The molecule has 41 heavy (non-hydrogen) atoms. The molecule has 1 atom stereocenters. The van der Waals surface area contributed by atoms with Gasteiger partial charge in [0.05, 0.1) is 35.5 Å². The van der Waals surface area contributed by atoms with Gasteiger partial charge < -0.3 is 14.4 Å². The van der Waals surface area contributed by atoms with Crippen molar-refractivity contribution in [2.75, 3.05) is 19.0 Å². The molecule has 0 N–H and O–H groups in total. The third-order valence-electron chi connectivity index (χ3n) is 7.04. The number of nitriles is 1. The molecule has 4 rings (SSSR count). The number of urea groups is 1.